The highest BCUT2D eigenvalue weighted by Gasteiger charge is 2.09. The molecule has 108 valence electrons. The second-order valence-electron chi connectivity index (χ2n) is 4.36. The van der Waals surface area contributed by atoms with Crippen molar-refractivity contribution in [3.63, 3.8) is 0 Å². The molecule has 2 aromatic rings. The predicted molar refractivity (Wildman–Crippen MR) is 77.6 cm³/mol. The Morgan fingerprint density at radius 2 is 2.24 bits per heavy atom. The standard InChI is InChI=1S/C15H15N3O3/c1-10(19)16-8-4-3-5-13-12-7-6-11(15(20)21-2)9-14(12)18-17-13/h6-7,9H,4,8H2,1-2H3,(H,16,19)(H,17,18). The molecule has 0 unspecified atom stereocenters. The van der Waals surface area contributed by atoms with E-state index in [-0.39, 0.29) is 5.91 Å². The van der Waals surface area contributed by atoms with Crippen molar-refractivity contribution in [3.05, 3.63) is 29.5 Å². The molecule has 0 atom stereocenters. The zero-order valence-corrected chi connectivity index (χ0v) is 11.8. The van der Waals surface area contributed by atoms with Crippen LogP contribution in [0.5, 0.6) is 0 Å². The lowest BCUT2D eigenvalue weighted by atomic mass is 10.1. The number of nitrogens with zero attached hydrogens (tertiary/aromatic N) is 1. The number of amides is 1. The number of aromatic nitrogens is 2. The molecular weight excluding hydrogens is 270 g/mol. The number of nitrogens with one attached hydrogen (secondary N) is 2. The summed E-state index contributed by atoms with van der Waals surface area (Å²) in [6, 6.07) is 5.11. The van der Waals surface area contributed by atoms with Gasteiger partial charge < -0.3 is 10.1 Å². The maximum atomic E-state index is 11.4. The molecule has 1 aromatic heterocycles. The van der Waals surface area contributed by atoms with Crippen molar-refractivity contribution >= 4 is 22.8 Å². The molecule has 2 rings (SSSR count). The second-order valence-corrected chi connectivity index (χ2v) is 4.36. The molecule has 0 bridgehead atoms. The molecule has 2 N–H and O–H groups in total. The summed E-state index contributed by atoms with van der Waals surface area (Å²) in [6.45, 7) is 1.98. The van der Waals surface area contributed by atoms with Gasteiger partial charge in [0.05, 0.1) is 18.2 Å². The van der Waals surface area contributed by atoms with Crippen LogP contribution in [0.1, 0.15) is 29.4 Å². The third kappa shape index (κ3) is 3.60. The van der Waals surface area contributed by atoms with Crippen molar-refractivity contribution in [2.75, 3.05) is 13.7 Å². The molecule has 1 amide bonds. The Kier molecular flexibility index (Phi) is 4.57. The van der Waals surface area contributed by atoms with Gasteiger partial charge >= 0.3 is 5.97 Å². The van der Waals surface area contributed by atoms with E-state index in [1.54, 1.807) is 18.2 Å². The van der Waals surface area contributed by atoms with E-state index in [1.807, 2.05) is 0 Å². The molecule has 0 aliphatic rings. The third-order valence-corrected chi connectivity index (χ3v) is 2.81. The van der Waals surface area contributed by atoms with Crippen molar-refractivity contribution in [1.82, 2.24) is 15.5 Å². The minimum atomic E-state index is -0.400. The number of fused-ring (bicyclic) bond motifs is 1. The smallest absolute Gasteiger partial charge is 0.337 e. The molecule has 1 aromatic carbocycles. The fourth-order valence-corrected chi connectivity index (χ4v) is 1.80. The summed E-state index contributed by atoms with van der Waals surface area (Å²) in [7, 11) is 1.34. The normalized spacial score (nSPS) is 9.81. The Morgan fingerprint density at radius 1 is 1.43 bits per heavy atom. The molecule has 0 spiro atoms. The van der Waals surface area contributed by atoms with Crippen molar-refractivity contribution in [1.29, 1.82) is 0 Å². The van der Waals surface area contributed by atoms with Crippen LogP contribution in [0.2, 0.25) is 0 Å². The second kappa shape index (κ2) is 6.57. The maximum Gasteiger partial charge on any atom is 0.337 e. The zero-order chi connectivity index (χ0) is 15.2. The van der Waals surface area contributed by atoms with E-state index in [2.05, 4.69) is 32.1 Å². The number of methoxy groups -OCH3 is 1. The van der Waals surface area contributed by atoms with Crippen molar-refractivity contribution in [2.45, 2.75) is 13.3 Å². The highest BCUT2D eigenvalue weighted by atomic mass is 16.5. The molecule has 0 saturated carbocycles. The van der Waals surface area contributed by atoms with Gasteiger partial charge in [0, 0.05) is 25.3 Å². The van der Waals surface area contributed by atoms with Gasteiger partial charge in [-0.05, 0) is 24.1 Å². The Labute approximate surface area is 121 Å². The largest absolute Gasteiger partial charge is 0.465 e. The number of benzene rings is 1. The van der Waals surface area contributed by atoms with Gasteiger partial charge in [-0.3, -0.25) is 9.89 Å². The fourth-order valence-electron chi connectivity index (χ4n) is 1.80. The summed E-state index contributed by atoms with van der Waals surface area (Å²) in [5.74, 6) is 5.45. The number of carbonyl (C=O) groups excluding carboxylic acids is 2. The summed E-state index contributed by atoms with van der Waals surface area (Å²) >= 11 is 0. The van der Waals surface area contributed by atoms with Crippen LogP contribution in [0.15, 0.2) is 18.2 Å². The Balaban J connectivity index is 2.14. The first-order chi connectivity index (χ1) is 10.1. The van der Waals surface area contributed by atoms with Crippen LogP contribution in [-0.4, -0.2) is 35.7 Å². The molecule has 0 radical (unpaired) electrons. The Bertz CT molecular complexity index is 737. The van der Waals surface area contributed by atoms with Gasteiger partial charge in [-0.15, -0.1) is 0 Å². The zero-order valence-electron chi connectivity index (χ0n) is 11.8. The fraction of sp³-hybridized carbons (Fsp3) is 0.267. The van der Waals surface area contributed by atoms with Gasteiger partial charge in [-0.25, -0.2) is 4.79 Å². The SMILES string of the molecule is COC(=O)c1ccc2c(C#CCCNC(C)=O)[nH]nc2c1. The van der Waals surface area contributed by atoms with Crippen LogP contribution in [0.3, 0.4) is 0 Å². The van der Waals surface area contributed by atoms with Crippen molar-refractivity contribution in [2.24, 2.45) is 0 Å². The number of carbonyl (C=O) groups is 2. The number of ether oxygens (including phenoxy) is 1. The molecular formula is C15H15N3O3. The minimum Gasteiger partial charge on any atom is -0.465 e. The lowest BCUT2D eigenvalue weighted by molar-refractivity contribution is -0.118. The van der Waals surface area contributed by atoms with E-state index in [1.165, 1.54) is 14.0 Å². The van der Waals surface area contributed by atoms with Crippen LogP contribution in [0.25, 0.3) is 10.9 Å². The monoisotopic (exact) mass is 285 g/mol. The highest BCUT2D eigenvalue weighted by molar-refractivity contribution is 5.95. The van der Waals surface area contributed by atoms with E-state index in [0.29, 0.717) is 29.7 Å². The lowest BCUT2D eigenvalue weighted by Crippen LogP contribution is -2.20. The van der Waals surface area contributed by atoms with Gasteiger partial charge in [0.1, 0.15) is 5.69 Å². The van der Waals surface area contributed by atoms with Crippen molar-refractivity contribution < 1.29 is 14.3 Å². The summed E-state index contributed by atoms with van der Waals surface area (Å²) in [5.41, 5.74) is 1.79. The number of aromatic amines is 1. The van der Waals surface area contributed by atoms with Crippen LogP contribution in [-0.2, 0) is 9.53 Å². The Morgan fingerprint density at radius 3 is 2.95 bits per heavy atom. The molecule has 21 heavy (non-hydrogen) atoms. The van der Waals surface area contributed by atoms with Crippen LogP contribution >= 0.6 is 0 Å². The first-order valence-electron chi connectivity index (χ1n) is 6.41. The summed E-state index contributed by atoms with van der Waals surface area (Å²) in [6.07, 6.45) is 0.556. The average Bonchev–Trinajstić information content (AvgIpc) is 2.88. The van der Waals surface area contributed by atoms with E-state index in [0.717, 1.165) is 5.39 Å². The van der Waals surface area contributed by atoms with Gasteiger partial charge in [0.2, 0.25) is 5.91 Å². The predicted octanol–water partition coefficient (Wildman–Crippen LogP) is 1.23. The molecule has 6 nitrogen and oxygen atoms in total. The summed E-state index contributed by atoms with van der Waals surface area (Å²) in [5, 5.41) is 10.5. The average molecular weight is 285 g/mol. The van der Waals surface area contributed by atoms with Gasteiger partial charge in [0.25, 0.3) is 0 Å². The maximum absolute atomic E-state index is 11.4. The minimum absolute atomic E-state index is 0.0703. The van der Waals surface area contributed by atoms with Crippen LogP contribution in [0, 0.1) is 11.8 Å². The summed E-state index contributed by atoms with van der Waals surface area (Å²) in [4.78, 5) is 22.1. The van der Waals surface area contributed by atoms with Gasteiger partial charge in [-0.1, -0.05) is 5.92 Å². The number of esters is 1. The summed E-state index contributed by atoms with van der Waals surface area (Å²) < 4.78 is 4.66. The molecule has 0 fully saturated rings. The van der Waals surface area contributed by atoms with Crippen molar-refractivity contribution in [3.8, 4) is 11.8 Å². The Hall–Kier alpha value is -2.81. The number of H-pyrrole nitrogens is 1. The number of hydrogen-bond donors (Lipinski definition) is 2. The van der Waals surface area contributed by atoms with E-state index in [4.69, 9.17) is 0 Å². The quantitative estimate of drug-likeness (QED) is 0.504. The lowest BCUT2D eigenvalue weighted by Gasteiger charge is -1.97. The molecule has 1 heterocycles. The van der Waals surface area contributed by atoms with Crippen LogP contribution in [0.4, 0.5) is 0 Å². The van der Waals surface area contributed by atoms with Gasteiger partial charge in [0.15, 0.2) is 0 Å². The number of rotatable bonds is 3. The van der Waals surface area contributed by atoms with Gasteiger partial charge in [-0.2, -0.15) is 5.10 Å². The van der Waals surface area contributed by atoms with E-state index >= 15 is 0 Å². The molecule has 0 saturated heterocycles. The molecule has 0 aliphatic carbocycles. The first-order valence-corrected chi connectivity index (χ1v) is 6.41. The van der Waals surface area contributed by atoms with E-state index < -0.39 is 5.97 Å². The number of hydrogen-bond acceptors (Lipinski definition) is 4. The highest BCUT2D eigenvalue weighted by Crippen LogP contribution is 2.17. The third-order valence-electron chi connectivity index (χ3n) is 2.81. The molecule has 6 heteroatoms. The topological polar surface area (TPSA) is 84.1 Å². The first kappa shape index (κ1) is 14.6. The van der Waals surface area contributed by atoms with Crippen LogP contribution < -0.4 is 5.32 Å². The van der Waals surface area contributed by atoms with E-state index in [9.17, 15) is 9.59 Å². The molecule has 0 aliphatic heterocycles.